The average molecular weight is 522 g/mol. The minimum atomic E-state index is -0.501. The van der Waals surface area contributed by atoms with Crippen LogP contribution < -0.4 is 20.1 Å². The number of amides is 2. The summed E-state index contributed by atoms with van der Waals surface area (Å²) in [6.45, 7) is 5.25. The van der Waals surface area contributed by atoms with E-state index in [-0.39, 0.29) is 12.0 Å². The van der Waals surface area contributed by atoms with E-state index in [1.165, 1.54) is 11.3 Å². The molecule has 2 amide bonds. The van der Waals surface area contributed by atoms with Gasteiger partial charge in [-0.2, -0.15) is 0 Å². The van der Waals surface area contributed by atoms with Gasteiger partial charge in [-0.05, 0) is 55.7 Å². The first kappa shape index (κ1) is 24.6. The number of rotatable bonds is 6. The molecule has 3 aromatic rings. The lowest BCUT2D eigenvalue weighted by Crippen LogP contribution is -2.39. The number of carbonyl (C=O) groups is 3. The van der Waals surface area contributed by atoms with E-state index < -0.39 is 12.1 Å². The van der Waals surface area contributed by atoms with Crippen LogP contribution in [0.5, 0.6) is 11.5 Å². The second kappa shape index (κ2) is 10.5. The van der Waals surface area contributed by atoms with E-state index >= 15 is 0 Å². The summed E-state index contributed by atoms with van der Waals surface area (Å²) >= 11 is 1.48. The molecule has 2 aliphatic heterocycles. The minimum absolute atomic E-state index is 0.168. The molecule has 10 heteroatoms. The van der Waals surface area contributed by atoms with Crippen LogP contribution in [0.25, 0.3) is 0 Å². The van der Waals surface area contributed by atoms with Crippen LogP contribution in [0.1, 0.15) is 56.7 Å². The molecule has 0 saturated heterocycles. The molecule has 0 bridgehead atoms. The molecule has 2 aromatic carbocycles. The number of ether oxygens (including phenoxy) is 3. The van der Waals surface area contributed by atoms with E-state index in [0.717, 1.165) is 21.0 Å². The lowest BCUT2D eigenvalue weighted by Gasteiger charge is -2.28. The van der Waals surface area contributed by atoms with Gasteiger partial charge in [-0.1, -0.05) is 24.3 Å². The molecule has 2 aliphatic rings. The largest absolute Gasteiger partial charge is 0.490 e. The van der Waals surface area contributed by atoms with Crippen molar-refractivity contribution in [2.45, 2.75) is 33.0 Å². The molecule has 9 nitrogen and oxygen atoms in total. The van der Waals surface area contributed by atoms with Gasteiger partial charge in [-0.25, -0.2) is 9.59 Å². The number of hydrogen-bond acceptors (Lipinski definition) is 8. The van der Waals surface area contributed by atoms with Crippen LogP contribution in [0.3, 0.4) is 0 Å². The van der Waals surface area contributed by atoms with Gasteiger partial charge in [-0.15, -0.1) is 11.3 Å². The summed E-state index contributed by atoms with van der Waals surface area (Å²) in [6.07, 6.45) is -0.249. The second-order valence-corrected chi connectivity index (χ2v) is 9.63. The van der Waals surface area contributed by atoms with Crippen molar-refractivity contribution in [2.24, 2.45) is 0 Å². The first-order valence-corrected chi connectivity index (χ1v) is 13.0. The highest BCUT2D eigenvalue weighted by atomic mass is 32.1. The molecule has 0 spiro atoms. The molecular formula is C27H27N3O6S. The molecule has 37 heavy (non-hydrogen) atoms. The number of benzene rings is 2. The molecule has 0 unspecified atom stereocenters. The number of nitrogens with one attached hydrogen (secondary N) is 2. The van der Waals surface area contributed by atoms with Gasteiger partial charge in [-0.3, -0.25) is 4.79 Å². The number of carbonyl (C=O) groups excluding carboxylic acids is 3. The predicted octanol–water partition coefficient (Wildman–Crippen LogP) is 4.73. The second-order valence-electron chi connectivity index (χ2n) is 8.52. The van der Waals surface area contributed by atoms with Crippen LogP contribution in [-0.2, 0) is 17.7 Å². The van der Waals surface area contributed by atoms with Crippen LogP contribution in [0.15, 0.2) is 48.5 Å². The third kappa shape index (κ3) is 4.97. The molecule has 0 saturated carbocycles. The van der Waals surface area contributed by atoms with Gasteiger partial charge in [0, 0.05) is 11.4 Å². The predicted molar refractivity (Wildman–Crippen MR) is 138 cm³/mol. The summed E-state index contributed by atoms with van der Waals surface area (Å²) in [5, 5.41) is 7.20. The van der Waals surface area contributed by atoms with Gasteiger partial charge in [0.1, 0.15) is 11.2 Å². The van der Waals surface area contributed by atoms with Crippen molar-refractivity contribution in [3.8, 4) is 11.5 Å². The van der Waals surface area contributed by atoms with Gasteiger partial charge < -0.3 is 29.7 Å². The Labute approximate surface area is 218 Å². The van der Waals surface area contributed by atoms with Crippen LogP contribution in [-0.4, -0.2) is 42.6 Å². The van der Waals surface area contributed by atoms with Gasteiger partial charge in [0.05, 0.1) is 30.9 Å². The zero-order chi connectivity index (χ0) is 25.9. The maximum atomic E-state index is 13.1. The number of anilines is 1. The topological polar surface area (TPSA) is 106 Å². The summed E-state index contributed by atoms with van der Waals surface area (Å²) < 4.78 is 16.5. The fourth-order valence-electron chi connectivity index (χ4n) is 4.44. The van der Waals surface area contributed by atoms with E-state index in [1.807, 2.05) is 13.0 Å². The fraction of sp³-hybridized carbons (Fsp3) is 0.296. The van der Waals surface area contributed by atoms with E-state index in [9.17, 15) is 14.4 Å². The SMILES string of the molecule is CCOC(=O)N1CCc2c(sc3c2C(=O)N[C@@H](c2ccc(OC(=O)c4ccccc4)c(OCC)c2)N3)C1. The Bertz CT molecular complexity index is 1340. The summed E-state index contributed by atoms with van der Waals surface area (Å²) in [5.41, 5.74) is 2.80. The smallest absolute Gasteiger partial charge is 0.410 e. The third-order valence-corrected chi connectivity index (χ3v) is 7.32. The molecule has 0 fully saturated rings. The van der Waals surface area contributed by atoms with Crippen LogP contribution in [0, 0.1) is 0 Å². The summed E-state index contributed by atoms with van der Waals surface area (Å²) in [4.78, 5) is 40.5. The number of fused-ring (bicyclic) bond motifs is 3. The van der Waals surface area contributed by atoms with Crippen LogP contribution in [0.4, 0.5) is 9.80 Å². The van der Waals surface area contributed by atoms with Gasteiger partial charge in [0.25, 0.3) is 5.91 Å². The highest BCUT2D eigenvalue weighted by Crippen LogP contribution is 2.41. The quantitative estimate of drug-likeness (QED) is 0.357. The average Bonchev–Trinajstić information content (AvgIpc) is 3.28. The van der Waals surface area contributed by atoms with Crippen LogP contribution >= 0.6 is 11.3 Å². The Morgan fingerprint density at radius 1 is 1.05 bits per heavy atom. The molecule has 0 aliphatic carbocycles. The molecule has 1 aromatic heterocycles. The van der Waals surface area contributed by atoms with Gasteiger partial charge >= 0.3 is 12.1 Å². The molecule has 192 valence electrons. The number of hydrogen-bond donors (Lipinski definition) is 2. The first-order chi connectivity index (χ1) is 18.0. The Hall–Kier alpha value is -4.05. The molecule has 3 heterocycles. The number of esters is 1. The van der Waals surface area contributed by atoms with Crippen molar-refractivity contribution in [2.75, 3.05) is 25.1 Å². The Morgan fingerprint density at radius 2 is 1.86 bits per heavy atom. The lowest BCUT2D eigenvalue weighted by atomic mass is 10.0. The van der Waals surface area contributed by atoms with E-state index in [1.54, 1.807) is 54.3 Å². The fourth-order valence-corrected chi connectivity index (χ4v) is 5.73. The minimum Gasteiger partial charge on any atom is -0.490 e. The van der Waals surface area contributed by atoms with Crippen molar-refractivity contribution in [1.82, 2.24) is 10.2 Å². The summed E-state index contributed by atoms with van der Waals surface area (Å²) in [7, 11) is 0. The maximum Gasteiger partial charge on any atom is 0.410 e. The summed E-state index contributed by atoms with van der Waals surface area (Å²) in [6, 6.07) is 13.9. The van der Waals surface area contributed by atoms with Gasteiger partial charge in [0.2, 0.25) is 0 Å². The molecule has 1 atom stereocenters. The van der Waals surface area contributed by atoms with Crippen molar-refractivity contribution < 1.29 is 28.6 Å². The van der Waals surface area contributed by atoms with Crippen molar-refractivity contribution in [1.29, 1.82) is 0 Å². The Kier molecular flexibility index (Phi) is 7.00. The standard InChI is InChI=1S/C27H27N3O6S/c1-3-34-20-14-17(10-11-19(20)36-26(32)16-8-6-5-7-9-16)23-28-24(31)22-18-12-13-30(27(33)35-4-2)15-21(18)37-25(22)29-23/h5-11,14,23,29H,3-4,12-13,15H2,1-2H3,(H,28,31)/t23-/m1/s1. The highest BCUT2D eigenvalue weighted by Gasteiger charge is 2.34. The highest BCUT2D eigenvalue weighted by molar-refractivity contribution is 7.16. The molecule has 5 rings (SSSR count). The van der Waals surface area contributed by atoms with Crippen LogP contribution in [0.2, 0.25) is 0 Å². The monoisotopic (exact) mass is 521 g/mol. The maximum absolute atomic E-state index is 13.1. The summed E-state index contributed by atoms with van der Waals surface area (Å²) in [5.74, 6) is 0.0528. The normalized spacial score (nSPS) is 16.1. The first-order valence-electron chi connectivity index (χ1n) is 12.2. The number of thiophene rings is 1. The van der Waals surface area contributed by atoms with Crippen molar-refractivity contribution in [3.05, 3.63) is 75.7 Å². The van der Waals surface area contributed by atoms with E-state index in [4.69, 9.17) is 14.2 Å². The third-order valence-electron chi connectivity index (χ3n) is 6.17. The van der Waals surface area contributed by atoms with Crippen molar-refractivity contribution in [3.63, 3.8) is 0 Å². The molecule has 2 N–H and O–H groups in total. The molecule has 0 radical (unpaired) electrons. The van der Waals surface area contributed by atoms with E-state index in [0.29, 0.717) is 55.4 Å². The molecular weight excluding hydrogens is 494 g/mol. The zero-order valence-electron chi connectivity index (χ0n) is 20.5. The lowest BCUT2D eigenvalue weighted by molar-refractivity contribution is 0.0728. The van der Waals surface area contributed by atoms with Gasteiger partial charge in [0.15, 0.2) is 11.5 Å². The van der Waals surface area contributed by atoms with Crippen molar-refractivity contribution >= 4 is 34.3 Å². The number of nitrogens with zero attached hydrogens (tertiary/aromatic N) is 1. The van der Waals surface area contributed by atoms with E-state index in [2.05, 4.69) is 10.6 Å². The zero-order valence-corrected chi connectivity index (χ0v) is 21.4. The Morgan fingerprint density at radius 3 is 2.62 bits per heavy atom. The Balaban J connectivity index is 1.36.